The van der Waals surface area contributed by atoms with Gasteiger partial charge in [-0.1, -0.05) is 13.8 Å². The second-order valence-electron chi connectivity index (χ2n) is 4.19. The molecule has 104 valence electrons. The highest BCUT2D eigenvalue weighted by Crippen LogP contribution is 2.06. The van der Waals surface area contributed by atoms with E-state index in [1.807, 2.05) is 0 Å². The van der Waals surface area contributed by atoms with Crippen molar-refractivity contribution in [2.24, 2.45) is 11.7 Å². The van der Waals surface area contributed by atoms with Crippen LogP contribution in [0, 0.1) is 5.92 Å². The normalized spacial score (nSPS) is 13.8. The summed E-state index contributed by atoms with van der Waals surface area (Å²) < 4.78 is 4.61. The maximum absolute atomic E-state index is 11.6. The number of aliphatic carboxylic acids is 1. The highest BCUT2D eigenvalue weighted by atomic mass is 16.5. The lowest BCUT2D eigenvalue weighted by atomic mass is 10.0. The van der Waals surface area contributed by atoms with E-state index in [-0.39, 0.29) is 18.9 Å². The van der Waals surface area contributed by atoms with Crippen LogP contribution in [0.25, 0.3) is 0 Å². The number of amides is 1. The Morgan fingerprint density at radius 1 is 1.33 bits per heavy atom. The van der Waals surface area contributed by atoms with Gasteiger partial charge in [-0.3, -0.25) is 9.59 Å². The van der Waals surface area contributed by atoms with E-state index in [4.69, 9.17) is 10.8 Å². The van der Waals surface area contributed by atoms with Crippen LogP contribution in [0.2, 0.25) is 0 Å². The van der Waals surface area contributed by atoms with Gasteiger partial charge in [-0.2, -0.15) is 0 Å². The topological polar surface area (TPSA) is 119 Å². The zero-order chi connectivity index (χ0) is 14.3. The third-order valence-corrected chi connectivity index (χ3v) is 2.35. The predicted molar refractivity (Wildman–Crippen MR) is 63.6 cm³/mol. The molecule has 2 atom stereocenters. The Morgan fingerprint density at radius 3 is 2.28 bits per heavy atom. The fourth-order valence-electron chi connectivity index (χ4n) is 1.25. The van der Waals surface area contributed by atoms with Gasteiger partial charge >= 0.3 is 11.9 Å². The molecule has 0 rings (SSSR count). The number of carbonyl (C=O) groups is 3. The zero-order valence-corrected chi connectivity index (χ0v) is 10.8. The standard InChI is InChI=1S/C11H20N2O5/c1-4-18-11(17)9(12)10(16)13-7(6(2)3)5-8(14)15/h6-7,9H,4-5,12H2,1-3H3,(H,13,16)(H,14,15). The Morgan fingerprint density at radius 2 is 1.89 bits per heavy atom. The summed E-state index contributed by atoms with van der Waals surface area (Å²) in [4.78, 5) is 33.5. The van der Waals surface area contributed by atoms with Gasteiger partial charge in [0.2, 0.25) is 5.91 Å². The van der Waals surface area contributed by atoms with Crippen LogP contribution in [-0.2, 0) is 19.1 Å². The number of hydrogen-bond donors (Lipinski definition) is 3. The fraction of sp³-hybridized carbons (Fsp3) is 0.727. The van der Waals surface area contributed by atoms with Crippen LogP contribution in [0.1, 0.15) is 27.2 Å². The SMILES string of the molecule is CCOC(=O)C(N)C(=O)NC(CC(=O)O)C(C)C. The molecule has 7 nitrogen and oxygen atoms in total. The van der Waals surface area contributed by atoms with E-state index in [0.29, 0.717) is 0 Å². The first-order valence-electron chi connectivity index (χ1n) is 5.74. The zero-order valence-electron chi connectivity index (χ0n) is 10.8. The molecule has 0 aromatic carbocycles. The maximum Gasteiger partial charge on any atom is 0.332 e. The molecule has 0 spiro atoms. The van der Waals surface area contributed by atoms with Crippen molar-refractivity contribution in [3.63, 3.8) is 0 Å². The Labute approximate surface area is 106 Å². The Bertz CT molecular complexity index is 317. The molecule has 4 N–H and O–H groups in total. The summed E-state index contributed by atoms with van der Waals surface area (Å²) in [5.74, 6) is -2.67. The summed E-state index contributed by atoms with van der Waals surface area (Å²) in [6.45, 7) is 5.26. The van der Waals surface area contributed by atoms with E-state index >= 15 is 0 Å². The number of nitrogens with one attached hydrogen (secondary N) is 1. The van der Waals surface area contributed by atoms with Crippen molar-refractivity contribution < 1.29 is 24.2 Å². The van der Waals surface area contributed by atoms with Gasteiger partial charge in [0.1, 0.15) is 0 Å². The van der Waals surface area contributed by atoms with Crippen molar-refractivity contribution in [2.45, 2.75) is 39.3 Å². The number of rotatable bonds is 7. The quantitative estimate of drug-likeness (QED) is 0.419. The summed E-state index contributed by atoms with van der Waals surface area (Å²) in [5, 5.41) is 11.1. The van der Waals surface area contributed by atoms with Gasteiger partial charge in [-0.25, -0.2) is 4.79 Å². The average molecular weight is 260 g/mol. The van der Waals surface area contributed by atoms with Crippen LogP contribution in [0.15, 0.2) is 0 Å². The summed E-state index contributed by atoms with van der Waals surface area (Å²) in [6.07, 6.45) is -0.223. The molecule has 7 heteroatoms. The molecule has 0 radical (unpaired) electrons. The molecule has 18 heavy (non-hydrogen) atoms. The van der Waals surface area contributed by atoms with E-state index in [2.05, 4.69) is 10.1 Å². The lowest BCUT2D eigenvalue weighted by molar-refractivity contribution is -0.148. The van der Waals surface area contributed by atoms with Crippen LogP contribution in [0.3, 0.4) is 0 Å². The molecule has 0 aromatic rings. The predicted octanol–water partition coefficient (Wildman–Crippen LogP) is -0.508. The molecule has 0 aliphatic rings. The van der Waals surface area contributed by atoms with E-state index < -0.39 is 29.9 Å². The molecule has 0 saturated carbocycles. The van der Waals surface area contributed by atoms with Gasteiger partial charge < -0.3 is 20.9 Å². The van der Waals surface area contributed by atoms with Crippen molar-refractivity contribution in [1.29, 1.82) is 0 Å². The van der Waals surface area contributed by atoms with E-state index in [0.717, 1.165) is 0 Å². The molecule has 0 aliphatic carbocycles. The summed E-state index contributed by atoms with van der Waals surface area (Å²) in [6, 6.07) is -2.00. The van der Waals surface area contributed by atoms with Gasteiger partial charge in [0.05, 0.1) is 13.0 Å². The molecular weight excluding hydrogens is 240 g/mol. The minimum Gasteiger partial charge on any atom is -0.481 e. The average Bonchev–Trinajstić information content (AvgIpc) is 2.26. The van der Waals surface area contributed by atoms with Crippen molar-refractivity contribution in [1.82, 2.24) is 5.32 Å². The molecular formula is C11H20N2O5. The molecule has 0 fully saturated rings. The van der Waals surface area contributed by atoms with E-state index in [1.165, 1.54) is 0 Å². The first-order chi connectivity index (χ1) is 8.29. The Balaban J connectivity index is 4.49. The Kier molecular flexibility index (Phi) is 6.96. The molecule has 0 aromatic heterocycles. The van der Waals surface area contributed by atoms with Crippen LogP contribution in [0.4, 0.5) is 0 Å². The number of hydrogen-bond acceptors (Lipinski definition) is 5. The van der Waals surface area contributed by atoms with Gasteiger partial charge in [-0.05, 0) is 12.8 Å². The number of nitrogens with two attached hydrogens (primary N) is 1. The maximum atomic E-state index is 11.6. The summed E-state index contributed by atoms with van der Waals surface area (Å²) >= 11 is 0. The van der Waals surface area contributed by atoms with Crippen molar-refractivity contribution in [3.8, 4) is 0 Å². The summed E-state index contributed by atoms with van der Waals surface area (Å²) in [5.41, 5.74) is 5.39. The highest BCUT2D eigenvalue weighted by Gasteiger charge is 2.27. The minimum atomic E-state index is -1.43. The van der Waals surface area contributed by atoms with Gasteiger partial charge in [-0.15, -0.1) is 0 Å². The van der Waals surface area contributed by atoms with E-state index in [1.54, 1.807) is 20.8 Å². The lowest BCUT2D eigenvalue weighted by Crippen LogP contribution is -2.51. The number of carboxylic acids is 1. The number of ether oxygens (including phenoxy) is 1. The van der Waals surface area contributed by atoms with Crippen molar-refractivity contribution in [3.05, 3.63) is 0 Å². The minimum absolute atomic E-state index is 0.0838. The van der Waals surface area contributed by atoms with Crippen LogP contribution >= 0.6 is 0 Å². The molecule has 0 saturated heterocycles. The second kappa shape index (κ2) is 7.65. The van der Waals surface area contributed by atoms with Crippen molar-refractivity contribution >= 4 is 17.8 Å². The van der Waals surface area contributed by atoms with Gasteiger partial charge in [0, 0.05) is 6.04 Å². The first-order valence-corrected chi connectivity index (χ1v) is 5.74. The summed E-state index contributed by atoms with van der Waals surface area (Å²) in [7, 11) is 0. The molecule has 0 bridgehead atoms. The fourth-order valence-corrected chi connectivity index (χ4v) is 1.25. The molecule has 2 unspecified atom stereocenters. The number of carboxylic acid groups (broad SMARTS) is 1. The monoisotopic (exact) mass is 260 g/mol. The van der Waals surface area contributed by atoms with Gasteiger partial charge in [0.15, 0.2) is 6.04 Å². The molecule has 1 amide bonds. The second-order valence-corrected chi connectivity index (χ2v) is 4.19. The largest absolute Gasteiger partial charge is 0.481 e. The molecule has 0 aliphatic heterocycles. The smallest absolute Gasteiger partial charge is 0.332 e. The van der Waals surface area contributed by atoms with Crippen molar-refractivity contribution in [2.75, 3.05) is 6.61 Å². The third-order valence-electron chi connectivity index (χ3n) is 2.35. The third kappa shape index (κ3) is 5.62. The van der Waals surface area contributed by atoms with Crippen LogP contribution in [0.5, 0.6) is 0 Å². The van der Waals surface area contributed by atoms with E-state index in [9.17, 15) is 14.4 Å². The lowest BCUT2D eigenvalue weighted by Gasteiger charge is -2.22. The first kappa shape index (κ1) is 16.4. The highest BCUT2D eigenvalue weighted by molar-refractivity contribution is 6.01. The van der Waals surface area contributed by atoms with Gasteiger partial charge in [0.25, 0.3) is 0 Å². The Hall–Kier alpha value is -1.63. The molecule has 0 heterocycles. The number of carbonyl (C=O) groups excluding carboxylic acids is 2. The van der Waals surface area contributed by atoms with Crippen LogP contribution in [-0.4, -0.2) is 41.6 Å². The van der Waals surface area contributed by atoms with Crippen LogP contribution < -0.4 is 11.1 Å². The number of esters is 1.